The molecule has 4 rings (SSSR count). The summed E-state index contributed by atoms with van der Waals surface area (Å²) in [5, 5.41) is 11.5. The molecular formula is C14H21N7. The summed E-state index contributed by atoms with van der Waals surface area (Å²) in [5.41, 5.74) is 1.22. The van der Waals surface area contributed by atoms with Crippen LogP contribution in [0.3, 0.4) is 0 Å². The zero-order valence-corrected chi connectivity index (χ0v) is 12.1. The molecule has 1 atom stereocenters. The highest BCUT2D eigenvalue weighted by molar-refractivity contribution is 5.41. The van der Waals surface area contributed by atoms with Gasteiger partial charge in [0.25, 0.3) is 5.78 Å². The average molecular weight is 287 g/mol. The number of hydrogen-bond donors (Lipinski definition) is 2. The van der Waals surface area contributed by atoms with Gasteiger partial charge in [-0.3, -0.25) is 0 Å². The van der Waals surface area contributed by atoms with Crippen molar-refractivity contribution in [2.24, 2.45) is 0 Å². The van der Waals surface area contributed by atoms with Gasteiger partial charge in [-0.1, -0.05) is 0 Å². The number of anilines is 1. The van der Waals surface area contributed by atoms with Crippen LogP contribution in [0.2, 0.25) is 0 Å². The molecule has 7 heteroatoms. The van der Waals surface area contributed by atoms with Gasteiger partial charge in [0.15, 0.2) is 0 Å². The molecule has 0 saturated carbocycles. The number of rotatable bonds is 2. The van der Waals surface area contributed by atoms with Crippen molar-refractivity contribution < 1.29 is 0 Å². The van der Waals surface area contributed by atoms with E-state index in [1.165, 1.54) is 18.5 Å². The van der Waals surface area contributed by atoms with Crippen molar-refractivity contribution in [3.05, 3.63) is 18.0 Å². The predicted octanol–water partition coefficient (Wildman–Crippen LogP) is 0.000900. The third-order valence-corrected chi connectivity index (χ3v) is 4.37. The van der Waals surface area contributed by atoms with Gasteiger partial charge in [-0.15, -0.1) is 5.10 Å². The first kappa shape index (κ1) is 13.0. The summed E-state index contributed by atoms with van der Waals surface area (Å²) in [4.78, 5) is 11.2. The number of piperazine rings is 1. The Bertz CT molecular complexity index is 611. The van der Waals surface area contributed by atoms with E-state index in [9.17, 15) is 0 Å². The van der Waals surface area contributed by atoms with Crippen molar-refractivity contribution >= 4 is 11.7 Å². The van der Waals surface area contributed by atoms with Crippen molar-refractivity contribution in [2.75, 3.05) is 44.2 Å². The summed E-state index contributed by atoms with van der Waals surface area (Å²) >= 11 is 0. The molecule has 2 N–H and O–H groups in total. The molecule has 1 unspecified atom stereocenters. The zero-order valence-electron chi connectivity index (χ0n) is 12.1. The summed E-state index contributed by atoms with van der Waals surface area (Å²) in [6.07, 6.45) is 4.28. The normalized spacial score (nSPS) is 23.6. The number of piperidine rings is 1. The molecule has 2 aliphatic heterocycles. The number of nitrogens with zero attached hydrogens (tertiary/aromatic N) is 5. The van der Waals surface area contributed by atoms with Gasteiger partial charge in [-0.25, -0.2) is 4.98 Å². The minimum absolute atomic E-state index is 0.502. The second-order valence-electron chi connectivity index (χ2n) is 5.77. The molecule has 2 aromatic heterocycles. The molecule has 0 radical (unpaired) electrons. The molecule has 7 nitrogen and oxygen atoms in total. The molecule has 4 heterocycles. The summed E-state index contributed by atoms with van der Waals surface area (Å²) in [7, 11) is 0. The van der Waals surface area contributed by atoms with Crippen LogP contribution in [0, 0.1) is 0 Å². The van der Waals surface area contributed by atoms with Crippen molar-refractivity contribution in [3.8, 4) is 0 Å². The van der Waals surface area contributed by atoms with Crippen molar-refractivity contribution in [2.45, 2.75) is 18.8 Å². The fourth-order valence-corrected chi connectivity index (χ4v) is 3.21. The molecule has 112 valence electrons. The van der Waals surface area contributed by atoms with E-state index in [2.05, 4.69) is 31.6 Å². The molecule has 0 amide bonds. The Morgan fingerprint density at radius 1 is 1.14 bits per heavy atom. The average Bonchev–Trinajstić information content (AvgIpc) is 3.00. The van der Waals surface area contributed by atoms with E-state index in [0.29, 0.717) is 11.7 Å². The van der Waals surface area contributed by atoms with E-state index in [4.69, 9.17) is 5.10 Å². The topological polar surface area (TPSA) is 70.4 Å². The molecule has 2 aliphatic rings. The fraction of sp³-hybridized carbons (Fsp3) is 0.643. The van der Waals surface area contributed by atoms with Crippen LogP contribution in [0.4, 0.5) is 5.95 Å². The van der Waals surface area contributed by atoms with Crippen LogP contribution in [-0.4, -0.2) is 58.9 Å². The maximum Gasteiger partial charge on any atom is 0.254 e. The maximum absolute atomic E-state index is 4.72. The summed E-state index contributed by atoms with van der Waals surface area (Å²) in [6.45, 7) is 6.02. The first-order valence-electron chi connectivity index (χ1n) is 7.80. The maximum atomic E-state index is 4.72. The lowest BCUT2D eigenvalue weighted by Crippen LogP contribution is -2.44. The lowest BCUT2D eigenvalue weighted by molar-refractivity contribution is 0.448. The second-order valence-corrected chi connectivity index (χ2v) is 5.77. The summed E-state index contributed by atoms with van der Waals surface area (Å²) in [6, 6.07) is 2.08. The fourth-order valence-electron chi connectivity index (χ4n) is 3.21. The third kappa shape index (κ3) is 2.47. The third-order valence-electron chi connectivity index (χ3n) is 4.37. The van der Waals surface area contributed by atoms with Gasteiger partial charge in [-0.05, 0) is 25.5 Å². The van der Waals surface area contributed by atoms with Crippen LogP contribution < -0.4 is 15.5 Å². The Kier molecular flexibility index (Phi) is 3.44. The second kappa shape index (κ2) is 5.57. The highest BCUT2D eigenvalue weighted by atomic mass is 15.4. The molecule has 2 saturated heterocycles. The molecular weight excluding hydrogens is 266 g/mol. The summed E-state index contributed by atoms with van der Waals surface area (Å²) < 4.78 is 1.94. The Hall–Kier alpha value is -1.73. The molecule has 0 aromatic carbocycles. The van der Waals surface area contributed by atoms with Gasteiger partial charge in [0, 0.05) is 44.8 Å². The minimum atomic E-state index is 0.502. The Balaban J connectivity index is 1.69. The van der Waals surface area contributed by atoms with Crippen LogP contribution >= 0.6 is 0 Å². The highest BCUT2D eigenvalue weighted by Gasteiger charge is 2.21. The van der Waals surface area contributed by atoms with Gasteiger partial charge in [-0.2, -0.15) is 9.50 Å². The van der Waals surface area contributed by atoms with Gasteiger partial charge in [0.05, 0.1) is 5.69 Å². The van der Waals surface area contributed by atoms with Gasteiger partial charge in [0.2, 0.25) is 5.95 Å². The SMILES string of the molecule is c1cc(C2CCCNC2)n2nc(N3CCNCC3)nc2n1. The smallest absolute Gasteiger partial charge is 0.254 e. The van der Waals surface area contributed by atoms with Crippen LogP contribution in [-0.2, 0) is 0 Å². The van der Waals surface area contributed by atoms with Gasteiger partial charge < -0.3 is 15.5 Å². The molecule has 0 aliphatic carbocycles. The first-order chi connectivity index (χ1) is 10.4. The quantitative estimate of drug-likeness (QED) is 0.810. The lowest BCUT2D eigenvalue weighted by Gasteiger charge is -2.25. The van der Waals surface area contributed by atoms with E-state index >= 15 is 0 Å². The van der Waals surface area contributed by atoms with E-state index in [1.807, 2.05) is 10.7 Å². The molecule has 0 spiro atoms. The zero-order chi connectivity index (χ0) is 14.1. The predicted molar refractivity (Wildman–Crippen MR) is 80.7 cm³/mol. The van der Waals surface area contributed by atoms with E-state index in [-0.39, 0.29) is 0 Å². The lowest BCUT2D eigenvalue weighted by atomic mass is 9.96. The van der Waals surface area contributed by atoms with Gasteiger partial charge >= 0.3 is 0 Å². The Morgan fingerprint density at radius 2 is 2.05 bits per heavy atom. The Morgan fingerprint density at radius 3 is 2.86 bits per heavy atom. The van der Waals surface area contributed by atoms with E-state index in [0.717, 1.165) is 45.2 Å². The van der Waals surface area contributed by atoms with Crippen LogP contribution in [0.15, 0.2) is 12.3 Å². The van der Waals surface area contributed by atoms with Crippen LogP contribution in [0.25, 0.3) is 5.78 Å². The van der Waals surface area contributed by atoms with Crippen LogP contribution in [0.5, 0.6) is 0 Å². The van der Waals surface area contributed by atoms with Crippen molar-refractivity contribution in [1.29, 1.82) is 0 Å². The number of aromatic nitrogens is 4. The molecule has 2 fully saturated rings. The summed E-state index contributed by atoms with van der Waals surface area (Å²) in [5.74, 6) is 2.02. The van der Waals surface area contributed by atoms with Crippen molar-refractivity contribution in [1.82, 2.24) is 30.2 Å². The van der Waals surface area contributed by atoms with E-state index < -0.39 is 0 Å². The largest absolute Gasteiger partial charge is 0.337 e. The number of nitrogens with one attached hydrogen (secondary N) is 2. The van der Waals surface area contributed by atoms with E-state index in [1.54, 1.807) is 0 Å². The molecule has 21 heavy (non-hydrogen) atoms. The van der Waals surface area contributed by atoms with Crippen LogP contribution in [0.1, 0.15) is 24.5 Å². The molecule has 2 aromatic rings. The minimum Gasteiger partial charge on any atom is -0.337 e. The number of fused-ring (bicyclic) bond motifs is 1. The first-order valence-corrected chi connectivity index (χ1v) is 7.80. The van der Waals surface area contributed by atoms with Crippen molar-refractivity contribution in [3.63, 3.8) is 0 Å². The Labute approximate surface area is 123 Å². The monoisotopic (exact) mass is 287 g/mol. The highest BCUT2D eigenvalue weighted by Crippen LogP contribution is 2.23. The van der Waals surface area contributed by atoms with Gasteiger partial charge in [0.1, 0.15) is 0 Å². The molecule has 0 bridgehead atoms. The number of hydrogen-bond acceptors (Lipinski definition) is 6. The standard InChI is InChI=1S/C14H21N7/c1-2-11(10-16-4-1)12-3-5-17-13-18-14(19-21(12)13)20-8-6-15-7-9-20/h3,5,11,15-16H,1-2,4,6-10H2.